The van der Waals surface area contributed by atoms with Crippen LogP contribution < -0.4 is 0 Å². The maximum Gasteiger partial charge on any atom is 0.166 e. The molecule has 0 fully saturated rings. The fraction of sp³-hybridized carbons (Fsp3) is 0.0667. The average Bonchev–Trinajstić information content (AvgIpc) is 2.82. The van der Waals surface area contributed by atoms with Crippen molar-refractivity contribution in [2.24, 2.45) is 0 Å². The second-order valence-corrected chi connectivity index (χ2v) is 5.84. The van der Waals surface area contributed by atoms with Crippen LogP contribution in [0.2, 0.25) is 0 Å². The highest BCUT2D eigenvalue weighted by Crippen LogP contribution is 2.33. The average molecular weight is 272 g/mol. The minimum atomic E-state index is 0.938. The normalized spacial score (nSPS) is 10.9. The quantitative estimate of drug-likeness (QED) is 0.600. The molecule has 0 amide bonds. The van der Waals surface area contributed by atoms with Crippen molar-refractivity contribution in [3.8, 4) is 0 Å². The molecule has 0 N–H and O–H groups in total. The first-order valence-corrected chi connectivity index (χ1v) is 7.70. The number of thioether (sulfide) groups is 1. The summed E-state index contributed by atoms with van der Waals surface area (Å²) in [4.78, 5) is 2.48. The number of rotatable bonds is 3. The van der Waals surface area contributed by atoms with Crippen LogP contribution in [0.4, 0.5) is 0 Å². The van der Waals surface area contributed by atoms with Crippen LogP contribution in [-0.2, 0) is 0 Å². The molecule has 0 saturated heterocycles. The van der Waals surface area contributed by atoms with E-state index >= 15 is 0 Å². The summed E-state index contributed by atoms with van der Waals surface area (Å²) in [6, 6.07) is 18.7. The molecule has 0 radical (unpaired) electrons. The van der Waals surface area contributed by atoms with Crippen LogP contribution >= 0.6 is 23.5 Å². The molecule has 0 unspecified atom stereocenters. The Morgan fingerprint density at radius 3 is 2.33 bits per heavy atom. The van der Waals surface area contributed by atoms with E-state index in [0.717, 1.165) is 16.1 Å². The van der Waals surface area contributed by atoms with Gasteiger partial charge in [-0.25, -0.2) is 0 Å². The predicted molar refractivity (Wildman–Crippen MR) is 78.6 cm³/mol. The maximum absolute atomic E-state index is 5.79. The molecule has 0 aliphatic heterocycles. The van der Waals surface area contributed by atoms with Crippen molar-refractivity contribution in [1.82, 2.24) is 0 Å². The molecule has 3 aromatic rings. The van der Waals surface area contributed by atoms with Gasteiger partial charge >= 0.3 is 0 Å². The van der Waals surface area contributed by atoms with E-state index in [9.17, 15) is 0 Å². The fourth-order valence-corrected chi connectivity index (χ4v) is 3.00. The van der Waals surface area contributed by atoms with Gasteiger partial charge in [0, 0.05) is 15.2 Å². The van der Waals surface area contributed by atoms with Crippen molar-refractivity contribution in [3.63, 3.8) is 0 Å². The molecule has 1 aromatic heterocycles. The Morgan fingerprint density at radius 1 is 0.889 bits per heavy atom. The highest BCUT2D eigenvalue weighted by Gasteiger charge is 2.04. The molecule has 3 heteroatoms. The van der Waals surface area contributed by atoms with E-state index in [4.69, 9.17) is 4.42 Å². The first-order valence-electron chi connectivity index (χ1n) is 5.65. The standard InChI is InChI=1S/C15H12OS2/c1-17-12-6-8-13(9-7-12)18-15-10-11-4-2-3-5-14(11)16-15/h2-10H,1H3. The highest BCUT2D eigenvalue weighted by atomic mass is 32.2. The molecule has 0 saturated carbocycles. The van der Waals surface area contributed by atoms with Gasteiger partial charge in [0.05, 0.1) is 0 Å². The Kier molecular flexibility index (Phi) is 3.35. The molecule has 0 bridgehead atoms. The predicted octanol–water partition coefficient (Wildman–Crippen LogP) is 5.31. The van der Waals surface area contributed by atoms with Crippen molar-refractivity contribution in [1.29, 1.82) is 0 Å². The van der Waals surface area contributed by atoms with Crippen LogP contribution in [0.3, 0.4) is 0 Å². The number of para-hydroxylation sites is 1. The molecule has 0 aliphatic rings. The van der Waals surface area contributed by atoms with E-state index in [1.54, 1.807) is 23.5 Å². The number of benzene rings is 2. The number of fused-ring (bicyclic) bond motifs is 1. The van der Waals surface area contributed by atoms with Crippen LogP contribution in [-0.4, -0.2) is 6.26 Å². The van der Waals surface area contributed by atoms with Gasteiger partial charge in [0.2, 0.25) is 0 Å². The summed E-state index contributed by atoms with van der Waals surface area (Å²) in [5, 5.41) is 2.09. The van der Waals surface area contributed by atoms with Crippen molar-refractivity contribution in [3.05, 3.63) is 54.6 Å². The van der Waals surface area contributed by atoms with E-state index in [1.165, 1.54) is 9.79 Å². The lowest BCUT2D eigenvalue weighted by Gasteiger charge is -1.99. The lowest BCUT2D eigenvalue weighted by molar-refractivity contribution is 0.515. The summed E-state index contributed by atoms with van der Waals surface area (Å²) in [6.45, 7) is 0. The van der Waals surface area contributed by atoms with Gasteiger partial charge in [-0.05, 0) is 42.7 Å². The molecular weight excluding hydrogens is 260 g/mol. The topological polar surface area (TPSA) is 13.1 Å². The first-order chi connectivity index (χ1) is 8.85. The molecule has 18 heavy (non-hydrogen) atoms. The third kappa shape index (κ3) is 2.42. The van der Waals surface area contributed by atoms with Gasteiger partial charge in [0.1, 0.15) is 5.58 Å². The molecule has 2 aromatic carbocycles. The molecule has 1 heterocycles. The largest absolute Gasteiger partial charge is 0.450 e. The van der Waals surface area contributed by atoms with E-state index in [1.807, 2.05) is 18.2 Å². The summed E-state index contributed by atoms with van der Waals surface area (Å²) in [6.07, 6.45) is 2.08. The Balaban J connectivity index is 1.86. The lowest BCUT2D eigenvalue weighted by Crippen LogP contribution is -1.72. The fourth-order valence-electron chi connectivity index (χ4n) is 1.77. The van der Waals surface area contributed by atoms with Crippen LogP contribution in [0.5, 0.6) is 0 Å². The Bertz CT molecular complexity index is 623. The zero-order chi connectivity index (χ0) is 12.4. The lowest BCUT2D eigenvalue weighted by atomic mass is 10.3. The second-order valence-electron chi connectivity index (χ2n) is 3.88. The van der Waals surface area contributed by atoms with Gasteiger partial charge in [-0.15, -0.1) is 11.8 Å². The maximum atomic E-state index is 5.79. The molecule has 1 nitrogen and oxygen atoms in total. The van der Waals surface area contributed by atoms with Gasteiger partial charge < -0.3 is 4.42 Å². The third-order valence-corrected chi connectivity index (χ3v) is 4.33. The minimum Gasteiger partial charge on any atom is -0.450 e. The molecular formula is C15H12OS2. The molecule has 0 atom stereocenters. The van der Waals surface area contributed by atoms with Gasteiger partial charge in [-0.2, -0.15) is 0 Å². The van der Waals surface area contributed by atoms with Crippen LogP contribution in [0.1, 0.15) is 0 Å². The second kappa shape index (κ2) is 5.12. The van der Waals surface area contributed by atoms with E-state index in [-0.39, 0.29) is 0 Å². The van der Waals surface area contributed by atoms with E-state index < -0.39 is 0 Å². The van der Waals surface area contributed by atoms with Gasteiger partial charge in [0.15, 0.2) is 5.09 Å². The minimum absolute atomic E-state index is 0.938. The summed E-state index contributed by atoms with van der Waals surface area (Å²) in [5.41, 5.74) is 0.945. The van der Waals surface area contributed by atoms with E-state index in [0.29, 0.717) is 0 Å². The highest BCUT2D eigenvalue weighted by molar-refractivity contribution is 7.99. The molecule has 0 spiro atoms. The monoisotopic (exact) mass is 272 g/mol. The SMILES string of the molecule is CSc1ccc(Sc2cc3ccccc3o2)cc1. The summed E-state index contributed by atoms with van der Waals surface area (Å²) < 4.78 is 5.79. The Hall–Kier alpha value is -1.32. The zero-order valence-electron chi connectivity index (χ0n) is 9.92. The van der Waals surface area contributed by atoms with Crippen molar-refractivity contribution in [2.75, 3.05) is 6.26 Å². The van der Waals surface area contributed by atoms with Gasteiger partial charge in [-0.3, -0.25) is 0 Å². The Morgan fingerprint density at radius 2 is 1.61 bits per heavy atom. The molecule has 3 rings (SSSR count). The van der Waals surface area contributed by atoms with Crippen molar-refractivity contribution in [2.45, 2.75) is 14.9 Å². The number of furan rings is 1. The van der Waals surface area contributed by atoms with E-state index in [2.05, 4.69) is 42.7 Å². The summed E-state index contributed by atoms with van der Waals surface area (Å²) in [5.74, 6) is 0. The van der Waals surface area contributed by atoms with Crippen molar-refractivity contribution >= 4 is 34.5 Å². The van der Waals surface area contributed by atoms with Gasteiger partial charge in [0.25, 0.3) is 0 Å². The summed E-state index contributed by atoms with van der Waals surface area (Å²) in [7, 11) is 0. The summed E-state index contributed by atoms with van der Waals surface area (Å²) >= 11 is 3.41. The van der Waals surface area contributed by atoms with Crippen LogP contribution in [0.15, 0.2) is 73.9 Å². The first kappa shape index (κ1) is 11.8. The van der Waals surface area contributed by atoms with Gasteiger partial charge in [-0.1, -0.05) is 30.0 Å². The molecule has 0 aliphatic carbocycles. The zero-order valence-corrected chi connectivity index (χ0v) is 11.6. The number of hydrogen-bond acceptors (Lipinski definition) is 3. The smallest absolute Gasteiger partial charge is 0.166 e. The van der Waals surface area contributed by atoms with Crippen LogP contribution in [0, 0.1) is 0 Å². The van der Waals surface area contributed by atoms with Crippen LogP contribution in [0.25, 0.3) is 11.0 Å². The van der Waals surface area contributed by atoms with Crippen molar-refractivity contribution < 1.29 is 4.42 Å². The third-order valence-electron chi connectivity index (χ3n) is 2.68. The number of hydrogen-bond donors (Lipinski definition) is 0. The Labute approximate surface area is 115 Å². The molecule has 90 valence electrons.